The lowest BCUT2D eigenvalue weighted by Gasteiger charge is -2.16. The monoisotopic (exact) mass is 539 g/mol. The molecule has 0 saturated heterocycles. The van der Waals surface area contributed by atoms with Crippen molar-refractivity contribution in [2.75, 3.05) is 0 Å². The summed E-state index contributed by atoms with van der Waals surface area (Å²) in [5, 5.41) is 3.65. The summed E-state index contributed by atoms with van der Waals surface area (Å²) in [5.41, 5.74) is 5.20. The van der Waals surface area contributed by atoms with Crippen LogP contribution in [0.25, 0.3) is 11.1 Å². The van der Waals surface area contributed by atoms with Gasteiger partial charge in [0.2, 0.25) is 0 Å². The van der Waals surface area contributed by atoms with E-state index < -0.39 is 0 Å². The molecule has 3 aromatic carbocycles. The SMILES string of the molecule is CC(NCc1cccc(-c2ccccc2)c1)c1ccc(I)cc1I. The second-order valence-electron chi connectivity index (χ2n) is 5.83. The minimum atomic E-state index is 0.328. The number of benzene rings is 3. The van der Waals surface area contributed by atoms with Crippen LogP contribution in [-0.2, 0) is 6.54 Å². The average Bonchev–Trinajstić information content (AvgIpc) is 2.61. The van der Waals surface area contributed by atoms with Gasteiger partial charge in [-0.05, 0) is 92.6 Å². The predicted molar refractivity (Wildman–Crippen MR) is 119 cm³/mol. The molecule has 0 bridgehead atoms. The molecule has 0 aliphatic rings. The molecule has 3 aromatic rings. The molecule has 3 rings (SSSR count). The molecule has 3 heteroatoms. The lowest BCUT2D eigenvalue weighted by Crippen LogP contribution is -2.19. The van der Waals surface area contributed by atoms with Crippen molar-refractivity contribution in [3.05, 3.63) is 91.1 Å². The number of rotatable bonds is 5. The highest BCUT2D eigenvalue weighted by atomic mass is 127. The Morgan fingerprint density at radius 1 is 0.833 bits per heavy atom. The van der Waals surface area contributed by atoms with Gasteiger partial charge in [0.1, 0.15) is 0 Å². The lowest BCUT2D eigenvalue weighted by molar-refractivity contribution is 0.572. The zero-order valence-corrected chi connectivity index (χ0v) is 17.8. The Bertz CT molecular complexity index is 815. The Balaban J connectivity index is 1.70. The van der Waals surface area contributed by atoms with E-state index in [0.29, 0.717) is 6.04 Å². The first-order valence-electron chi connectivity index (χ1n) is 7.96. The summed E-state index contributed by atoms with van der Waals surface area (Å²) < 4.78 is 2.60. The van der Waals surface area contributed by atoms with Gasteiger partial charge in [-0.3, -0.25) is 0 Å². The molecule has 0 radical (unpaired) electrons. The predicted octanol–water partition coefficient (Wildman–Crippen LogP) is 6.41. The van der Waals surface area contributed by atoms with Gasteiger partial charge < -0.3 is 5.32 Å². The summed E-state index contributed by atoms with van der Waals surface area (Å²) >= 11 is 4.78. The number of nitrogens with one attached hydrogen (secondary N) is 1. The van der Waals surface area contributed by atoms with Crippen molar-refractivity contribution in [3.63, 3.8) is 0 Å². The smallest absolute Gasteiger partial charge is 0.0305 e. The molecule has 0 fully saturated rings. The van der Waals surface area contributed by atoms with Gasteiger partial charge in [0, 0.05) is 19.7 Å². The molecule has 1 unspecified atom stereocenters. The van der Waals surface area contributed by atoms with Crippen molar-refractivity contribution >= 4 is 45.2 Å². The third-order valence-corrected chi connectivity index (χ3v) is 5.68. The maximum atomic E-state index is 3.65. The molecule has 24 heavy (non-hydrogen) atoms. The third-order valence-electron chi connectivity index (χ3n) is 4.08. The molecule has 0 spiro atoms. The molecule has 0 aliphatic carbocycles. The molecule has 122 valence electrons. The molecule has 0 heterocycles. The number of hydrogen-bond donors (Lipinski definition) is 1. The molecule has 0 aliphatic heterocycles. The fourth-order valence-corrected chi connectivity index (χ4v) is 4.79. The Hall–Kier alpha value is -0.920. The van der Waals surface area contributed by atoms with E-state index >= 15 is 0 Å². The van der Waals surface area contributed by atoms with Gasteiger partial charge in [-0.15, -0.1) is 0 Å². The van der Waals surface area contributed by atoms with Crippen molar-refractivity contribution < 1.29 is 0 Å². The van der Waals surface area contributed by atoms with Crippen LogP contribution in [0.4, 0.5) is 0 Å². The van der Waals surface area contributed by atoms with Crippen LogP contribution in [0.3, 0.4) is 0 Å². The highest BCUT2D eigenvalue weighted by Gasteiger charge is 2.09. The Kier molecular flexibility index (Phi) is 6.30. The molecule has 0 amide bonds. The van der Waals surface area contributed by atoms with Gasteiger partial charge in [0.15, 0.2) is 0 Å². The van der Waals surface area contributed by atoms with Crippen molar-refractivity contribution in [2.24, 2.45) is 0 Å². The Morgan fingerprint density at radius 3 is 2.33 bits per heavy atom. The maximum Gasteiger partial charge on any atom is 0.0305 e. The van der Waals surface area contributed by atoms with Crippen LogP contribution in [-0.4, -0.2) is 0 Å². The van der Waals surface area contributed by atoms with E-state index in [4.69, 9.17) is 0 Å². The van der Waals surface area contributed by atoms with Gasteiger partial charge in [-0.1, -0.05) is 54.6 Å². The van der Waals surface area contributed by atoms with Crippen LogP contribution in [0.15, 0.2) is 72.8 Å². The second kappa shape index (κ2) is 8.45. The molecular weight excluding hydrogens is 520 g/mol. The van der Waals surface area contributed by atoms with E-state index in [2.05, 4.69) is 130 Å². The molecule has 0 saturated carbocycles. The van der Waals surface area contributed by atoms with Gasteiger partial charge in [0.05, 0.1) is 0 Å². The van der Waals surface area contributed by atoms with Crippen LogP contribution in [0.1, 0.15) is 24.1 Å². The van der Waals surface area contributed by atoms with Crippen LogP contribution in [0.2, 0.25) is 0 Å². The fourth-order valence-electron chi connectivity index (χ4n) is 2.73. The first kappa shape index (κ1) is 17.9. The normalized spacial score (nSPS) is 12.1. The van der Waals surface area contributed by atoms with Gasteiger partial charge >= 0.3 is 0 Å². The van der Waals surface area contributed by atoms with E-state index in [-0.39, 0.29) is 0 Å². The summed E-state index contributed by atoms with van der Waals surface area (Å²) in [5.74, 6) is 0. The van der Waals surface area contributed by atoms with E-state index in [9.17, 15) is 0 Å². The van der Waals surface area contributed by atoms with Gasteiger partial charge in [-0.25, -0.2) is 0 Å². The first-order valence-corrected chi connectivity index (χ1v) is 10.1. The van der Waals surface area contributed by atoms with Gasteiger partial charge in [-0.2, -0.15) is 0 Å². The number of halogens is 2. The summed E-state index contributed by atoms with van der Waals surface area (Å²) in [6.45, 7) is 3.09. The van der Waals surface area contributed by atoms with Crippen LogP contribution in [0, 0.1) is 7.14 Å². The zero-order chi connectivity index (χ0) is 16.9. The highest BCUT2D eigenvalue weighted by Crippen LogP contribution is 2.23. The quantitative estimate of drug-likeness (QED) is 0.370. The van der Waals surface area contributed by atoms with E-state index in [0.717, 1.165) is 6.54 Å². The topological polar surface area (TPSA) is 12.0 Å². The second-order valence-corrected chi connectivity index (χ2v) is 8.24. The van der Waals surface area contributed by atoms with Crippen LogP contribution >= 0.6 is 45.2 Å². The summed E-state index contributed by atoms with van der Waals surface area (Å²) in [6, 6.07) is 26.3. The molecule has 1 nitrogen and oxygen atoms in total. The standard InChI is InChI=1S/C21H19I2N/c1-15(20-11-10-19(22)13-21(20)23)24-14-16-6-5-9-18(12-16)17-7-3-2-4-8-17/h2-13,15,24H,14H2,1H3. The van der Waals surface area contributed by atoms with Gasteiger partial charge in [0.25, 0.3) is 0 Å². The van der Waals surface area contributed by atoms with E-state index in [1.165, 1.54) is 29.4 Å². The molecular formula is C21H19I2N. The summed E-state index contributed by atoms with van der Waals surface area (Å²) in [6.07, 6.45) is 0. The third kappa shape index (κ3) is 4.58. The molecule has 1 N–H and O–H groups in total. The minimum absolute atomic E-state index is 0.328. The van der Waals surface area contributed by atoms with Crippen LogP contribution in [0.5, 0.6) is 0 Å². The zero-order valence-electron chi connectivity index (χ0n) is 13.5. The number of hydrogen-bond acceptors (Lipinski definition) is 1. The van der Waals surface area contributed by atoms with Crippen molar-refractivity contribution in [1.82, 2.24) is 5.32 Å². The Labute approximate surface area is 171 Å². The fraction of sp³-hybridized carbons (Fsp3) is 0.143. The molecule has 0 aromatic heterocycles. The van der Waals surface area contributed by atoms with E-state index in [1.54, 1.807) is 0 Å². The lowest BCUT2D eigenvalue weighted by atomic mass is 10.0. The van der Waals surface area contributed by atoms with Crippen molar-refractivity contribution in [2.45, 2.75) is 19.5 Å². The van der Waals surface area contributed by atoms with Crippen LogP contribution < -0.4 is 5.32 Å². The molecule has 1 atom stereocenters. The Morgan fingerprint density at radius 2 is 1.58 bits per heavy atom. The van der Waals surface area contributed by atoms with Crippen molar-refractivity contribution in [1.29, 1.82) is 0 Å². The highest BCUT2D eigenvalue weighted by molar-refractivity contribution is 14.1. The summed E-state index contributed by atoms with van der Waals surface area (Å²) in [7, 11) is 0. The largest absolute Gasteiger partial charge is 0.306 e. The van der Waals surface area contributed by atoms with Crippen molar-refractivity contribution in [3.8, 4) is 11.1 Å². The first-order chi connectivity index (χ1) is 11.6. The van der Waals surface area contributed by atoms with E-state index in [1.807, 2.05) is 0 Å². The average molecular weight is 539 g/mol. The summed E-state index contributed by atoms with van der Waals surface area (Å²) in [4.78, 5) is 0. The maximum absolute atomic E-state index is 3.65. The minimum Gasteiger partial charge on any atom is -0.306 e.